The third kappa shape index (κ3) is 7.28. The molecule has 1 saturated heterocycles. The van der Waals surface area contributed by atoms with Gasteiger partial charge in [0, 0.05) is 35.6 Å². The molecule has 1 N–H and O–H groups in total. The van der Waals surface area contributed by atoms with Crippen molar-refractivity contribution < 1.29 is 19.4 Å². The maximum Gasteiger partial charge on any atom is 0.337 e. The highest BCUT2D eigenvalue weighted by Crippen LogP contribution is 2.45. The monoisotopic (exact) mass is 558 g/mol. The van der Waals surface area contributed by atoms with Crippen LogP contribution in [0.4, 0.5) is 5.69 Å². The van der Waals surface area contributed by atoms with Gasteiger partial charge in [0.2, 0.25) is 0 Å². The van der Waals surface area contributed by atoms with E-state index in [0.717, 1.165) is 65.3 Å². The molecule has 220 valence electrons. The summed E-state index contributed by atoms with van der Waals surface area (Å²) in [6.45, 7) is 19.9. The van der Waals surface area contributed by atoms with E-state index in [0.29, 0.717) is 11.3 Å². The maximum absolute atomic E-state index is 12.7. The molecule has 41 heavy (non-hydrogen) atoms. The van der Waals surface area contributed by atoms with Gasteiger partial charge in [-0.2, -0.15) is 0 Å². The van der Waals surface area contributed by atoms with Gasteiger partial charge < -0.3 is 19.5 Å². The third-order valence-electron chi connectivity index (χ3n) is 7.70. The number of carboxylic acids is 1. The lowest BCUT2D eigenvalue weighted by Crippen LogP contribution is -2.39. The second kappa shape index (κ2) is 11.8. The standard InChI is InChI=1S/C35H46N2O4/c1-22(2)40-28-16-14-26(15-17-28)25-10-12-27(13-11-25)29-23(3)36-24(4)30(32(33(38)39)41-34(5,6)7)31(29)37-20-18-35(8,9)19-21-37/h10-17,22,32H,18-21H2,1-9H3,(H,38,39). The molecule has 4 rings (SSSR count). The summed E-state index contributed by atoms with van der Waals surface area (Å²) in [5, 5.41) is 10.4. The summed E-state index contributed by atoms with van der Waals surface area (Å²) < 4.78 is 12.0. The minimum atomic E-state index is -1.13. The number of hydrogen-bond acceptors (Lipinski definition) is 5. The SMILES string of the molecule is Cc1nc(C)c(C(OC(C)(C)C)C(=O)O)c(N2CCC(C)(C)CC2)c1-c1ccc(-c2ccc(OC(C)C)cc2)cc1. The molecular weight excluding hydrogens is 512 g/mol. The van der Waals surface area contributed by atoms with Crippen molar-refractivity contribution in [2.75, 3.05) is 18.0 Å². The molecule has 3 aromatic rings. The van der Waals surface area contributed by atoms with Crippen LogP contribution in [0.2, 0.25) is 0 Å². The highest BCUT2D eigenvalue weighted by atomic mass is 16.5. The van der Waals surface area contributed by atoms with E-state index in [2.05, 4.69) is 55.1 Å². The summed E-state index contributed by atoms with van der Waals surface area (Å²) in [6, 6.07) is 16.6. The molecule has 1 atom stereocenters. The van der Waals surface area contributed by atoms with E-state index >= 15 is 0 Å². The van der Waals surface area contributed by atoms with Crippen LogP contribution in [0.1, 0.15) is 84.4 Å². The molecule has 6 nitrogen and oxygen atoms in total. The van der Waals surface area contributed by atoms with E-state index in [1.807, 2.05) is 60.6 Å². The van der Waals surface area contributed by atoms with Crippen LogP contribution in [0.5, 0.6) is 5.75 Å². The van der Waals surface area contributed by atoms with Gasteiger partial charge in [-0.25, -0.2) is 4.79 Å². The van der Waals surface area contributed by atoms with Gasteiger partial charge in [-0.05, 0) is 95.5 Å². The number of carboxylic acid groups (broad SMARTS) is 1. The Morgan fingerprint density at radius 3 is 1.90 bits per heavy atom. The Hall–Kier alpha value is -3.38. The molecule has 1 fully saturated rings. The Morgan fingerprint density at radius 2 is 1.41 bits per heavy atom. The number of pyridine rings is 1. The smallest absolute Gasteiger partial charge is 0.337 e. The fourth-order valence-corrected chi connectivity index (χ4v) is 5.58. The van der Waals surface area contributed by atoms with Crippen LogP contribution in [-0.4, -0.2) is 40.9 Å². The first-order chi connectivity index (χ1) is 19.1. The first-order valence-electron chi connectivity index (χ1n) is 14.7. The summed E-state index contributed by atoms with van der Waals surface area (Å²) in [4.78, 5) is 20.0. The first-order valence-corrected chi connectivity index (χ1v) is 14.7. The lowest BCUT2D eigenvalue weighted by atomic mass is 9.81. The van der Waals surface area contributed by atoms with Gasteiger partial charge in [-0.1, -0.05) is 50.2 Å². The summed E-state index contributed by atoms with van der Waals surface area (Å²) in [6.07, 6.45) is 1.06. The fourth-order valence-electron chi connectivity index (χ4n) is 5.58. The molecular formula is C35H46N2O4. The van der Waals surface area contributed by atoms with Gasteiger partial charge >= 0.3 is 5.97 Å². The van der Waals surface area contributed by atoms with E-state index in [4.69, 9.17) is 14.5 Å². The van der Waals surface area contributed by atoms with Crippen molar-refractivity contribution in [1.29, 1.82) is 0 Å². The molecule has 1 aliphatic rings. The van der Waals surface area contributed by atoms with Gasteiger partial charge in [0.1, 0.15) is 5.75 Å². The predicted molar refractivity (Wildman–Crippen MR) is 167 cm³/mol. The van der Waals surface area contributed by atoms with Crippen LogP contribution in [0.3, 0.4) is 0 Å². The normalized spacial score (nSPS) is 16.1. The van der Waals surface area contributed by atoms with Crippen molar-refractivity contribution in [3.05, 3.63) is 65.5 Å². The quantitative estimate of drug-likeness (QED) is 0.299. The van der Waals surface area contributed by atoms with Gasteiger partial charge in [0.15, 0.2) is 6.10 Å². The Balaban J connectivity index is 1.83. The number of ether oxygens (including phenoxy) is 2. The van der Waals surface area contributed by atoms with Crippen molar-refractivity contribution in [1.82, 2.24) is 4.98 Å². The molecule has 6 heteroatoms. The Morgan fingerprint density at radius 1 is 0.902 bits per heavy atom. The Kier molecular flexibility index (Phi) is 8.84. The average Bonchev–Trinajstić information content (AvgIpc) is 2.87. The zero-order valence-corrected chi connectivity index (χ0v) is 26.2. The number of benzene rings is 2. The van der Waals surface area contributed by atoms with Crippen molar-refractivity contribution in [2.24, 2.45) is 5.41 Å². The summed E-state index contributed by atoms with van der Waals surface area (Å²) in [7, 11) is 0. The van der Waals surface area contributed by atoms with E-state index in [1.54, 1.807) is 0 Å². The zero-order valence-electron chi connectivity index (χ0n) is 26.2. The van der Waals surface area contributed by atoms with Crippen molar-refractivity contribution >= 4 is 11.7 Å². The minimum Gasteiger partial charge on any atom is -0.491 e. The molecule has 2 aromatic carbocycles. The number of aliphatic carboxylic acids is 1. The van der Waals surface area contributed by atoms with Gasteiger partial charge in [-0.15, -0.1) is 0 Å². The highest BCUT2D eigenvalue weighted by Gasteiger charge is 2.36. The maximum atomic E-state index is 12.7. The molecule has 0 spiro atoms. The van der Waals surface area contributed by atoms with Crippen molar-refractivity contribution in [2.45, 2.75) is 93.0 Å². The molecule has 2 heterocycles. The molecule has 0 bridgehead atoms. The van der Waals surface area contributed by atoms with Crippen molar-refractivity contribution in [3.8, 4) is 28.0 Å². The number of nitrogens with zero attached hydrogens (tertiary/aromatic N) is 2. The third-order valence-corrected chi connectivity index (χ3v) is 7.70. The number of piperidine rings is 1. The molecule has 1 unspecified atom stereocenters. The summed E-state index contributed by atoms with van der Waals surface area (Å²) >= 11 is 0. The number of anilines is 1. The number of aryl methyl sites for hydroxylation is 2. The van der Waals surface area contributed by atoms with E-state index in [1.165, 1.54) is 0 Å². The molecule has 0 radical (unpaired) electrons. The second-order valence-electron chi connectivity index (χ2n) is 13.3. The minimum absolute atomic E-state index is 0.131. The van der Waals surface area contributed by atoms with Crippen LogP contribution in [0.25, 0.3) is 22.3 Å². The number of rotatable bonds is 8. The topological polar surface area (TPSA) is 71.9 Å². The van der Waals surface area contributed by atoms with Gasteiger partial charge in [0.05, 0.1) is 17.4 Å². The second-order valence-corrected chi connectivity index (χ2v) is 13.3. The van der Waals surface area contributed by atoms with Crippen LogP contribution in [0.15, 0.2) is 48.5 Å². The van der Waals surface area contributed by atoms with Crippen LogP contribution in [0, 0.1) is 19.3 Å². The number of hydrogen-bond donors (Lipinski definition) is 1. The van der Waals surface area contributed by atoms with Crippen LogP contribution >= 0.6 is 0 Å². The summed E-state index contributed by atoms with van der Waals surface area (Å²) in [5.41, 5.74) is 6.97. The lowest BCUT2D eigenvalue weighted by molar-refractivity contribution is -0.160. The van der Waals surface area contributed by atoms with Crippen LogP contribution in [-0.2, 0) is 9.53 Å². The Bertz CT molecular complexity index is 1360. The zero-order chi connectivity index (χ0) is 30.1. The number of aromatic nitrogens is 1. The van der Waals surface area contributed by atoms with E-state index in [9.17, 15) is 9.90 Å². The van der Waals surface area contributed by atoms with Crippen LogP contribution < -0.4 is 9.64 Å². The first kappa shape index (κ1) is 30.6. The Labute approximate surface area is 245 Å². The number of carbonyl (C=O) groups is 1. The average molecular weight is 559 g/mol. The van der Waals surface area contributed by atoms with Gasteiger partial charge in [-0.3, -0.25) is 4.98 Å². The predicted octanol–water partition coefficient (Wildman–Crippen LogP) is 8.39. The molecule has 0 saturated carbocycles. The fraction of sp³-hybridized carbons (Fsp3) is 0.486. The molecule has 1 aromatic heterocycles. The molecule has 0 aliphatic carbocycles. The largest absolute Gasteiger partial charge is 0.491 e. The van der Waals surface area contributed by atoms with E-state index in [-0.39, 0.29) is 11.5 Å². The molecule has 0 amide bonds. The molecule has 1 aliphatic heterocycles. The van der Waals surface area contributed by atoms with E-state index < -0.39 is 17.7 Å². The summed E-state index contributed by atoms with van der Waals surface area (Å²) in [5.74, 6) is -0.146. The van der Waals surface area contributed by atoms with Crippen molar-refractivity contribution in [3.63, 3.8) is 0 Å². The van der Waals surface area contributed by atoms with Gasteiger partial charge in [0.25, 0.3) is 0 Å². The lowest BCUT2D eigenvalue weighted by Gasteiger charge is -2.41. The highest BCUT2D eigenvalue weighted by molar-refractivity contribution is 5.88.